The summed E-state index contributed by atoms with van der Waals surface area (Å²) >= 11 is 0. The third-order valence-electron chi connectivity index (χ3n) is 6.40. The number of rotatable bonds is 7. The number of nitrogens with one attached hydrogen (secondary N) is 1. The van der Waals surface area contributed by atoms with E-state index in [-0.39, 0.29) is 37.9 Å². The van der Waals surface area contributed by atoms with Gasteiger partial charge in [0.05, 0.1) is 13.1 Å². The van der Waals surface area contributed by atoms with Gasteiger partial charge >= 0.3 is 12.1 Å². The Morgan fingerprint density at radius 1 is 1.06 bits per heavy atom. The normalized spacial score (nSPS) is 16.4. The Bertz CT molecular complexity index is 1040. The Balaban J connectivity index is 1.28. The van der Waals surface area contributed by atoms with Crippen LogP contribution in [0.25, 0.3) is 11.1 Å². The average Bonchev–Trinajstić information content (AvgIpc) is 3.07. The van der Waals surface area contributed by atoms with E-state index in [1.165, 1.54) is 4.90 Å². The van der Waals surface area contributed by atoms with Crippen molar-refractivity contribution in [2.75, 3.05) is 19.7 Å². The number of likely N-dealkylation sites (tertiary alicyclic amines) is 1. The van der Waals surface area contributed by atoms with Crippen molar-refractivity contribution in [3.63, 3.8) is 0 Å². The molecule has 1 heterocycles. The second-order valence-corrected chi connectivity index (χ2v) is 9.42. The molecular formula is C25H28N2O6. The number of nitrogens with zero attached hydrogens (tertiary/aromatic N) is 1. The molecule has 2 aromatic rings. The summed E-state index contributed by atoms with van der Waals surface area (Å²) in [7, 11) is 0. The van der Waals surface area contributed by atoms with E-state index in [4.69, 9.17) is 9.84 Å². The van der Waals surface area contributed by atoms with E-state index >= 15 is 0 Å². The molecule has 2 aliphatic rings. The molecule has 2 amide bonds. The lowest BCUT2D eigenvalue weighted by Crippen LogP contribution is -2.67. The van der Waals surface area contributed by atoms with E-state index in [1.807, 2.05) is 24.3 Å². The molecule has 8 nitrogen and oxygen atoms in total. The highest BCUT2D eigenvalue weighted by Gasteiger charge is 2.49. The first-order valence-corrected chi connectivity index (χ1v) is 11.0. The molecule has 0 bridgehead atoms. The zero-order valence-corrected chi connectivity index (χ0v) is 18.7. The summed E-state index contributed by atoms with van der Waals surface area (Å²) in [5, 5.41) is 21.5. The first-order valence-electron chi connectivity index (χ1n) is 11.0. The topological polar surface area (TPSA) is 116 Å². The number of carboxylic acid groups (broad SMARTS) is 1. The molecule has 0 unspecified atom stereocenters. The van der Waals surface area contributed by atoms with Gasteiger partial charge in [-0.1, -0.05) is 48.5 Å². The molecule has 33 heavy (non-hydrogen) atoms. The number of carbonyl (C=O) groups is 3. The van der Waals surface area contributed by atoms with Gasteiger partial charge < -0.3 is 25.2 Å². The number of hydrogen-bond acceptors (Lipinski definition) is 5. The zero-order chi connectivity index (χ0) is 23.8. The minimum atomic E-state index is -1.86. The molecule has 0 aromatic heterocycles. The fraction of sp³-hybridized carbons (Fsp3) is 0.400. The van der Waals surface area contributed by atoms with Crippen molar-refractivity contribution in [1.29, 1.82) is 0 Å². The highest BCUT2D eigenvalue weighted by molar-refractivity contribution is 5.85. The van der Waals surface area contributed by atoms with Gasteiger partial charge in [-0.15, -0.1) is 0 Å². The van der Waals surface area contributed by atoms with Crippen molar-refractivity contribution in [3.8, 4) is 11.1 Å². The van der Waals surface area contributed by atoms with E-state index in [9.17, 15) is 19.5 Å². The number of fused-ring (bicyclic) bond motifs is 3. The maximum Gasteiger partial charge on any atom is 0.407 e. The monoisotopic (exact) mass is 452 g/mol. The van der Waals surface area contributed by atoms with Crippen LogP contribution in [-0.2, 0) is 14.3 Å². The molecular weight excluding hydrogens is 424 g/mol. The fourth-order valence-electron chi connectivity index (χ4n) is 4.45. The number of carboxylic acids is 1. The number of hydrogen-bond donors (Lipinski definition) is 3. The molecule has 0 radical (unpaired) electrons. The van der Waals surface area contributed by atoms with Crippen LogP contribution in [0.1, 0.15) is 43.7 Å². The van der Waals surface area contributed by atoms with E-state index < -0.39 is 23.2 Å². The van der Waals surface area contributed by atoms with E-state index in [1.54, 1.807) is 13.8 Å². The van der Waals surface area contributed by atoms with Crippen LogP contribution < -0.4 is 5.32 Å². The molecule has 8 heteroatoms. The van der Waals surface area contributed by atoms with E-state index in [0.717, 1.165) is 22.3 Å². The summed E-state index contributed by atoms with van der Waals surface area (Å²) in [6.45, 7) is 3.36. The molecule has 1 fully saturated rings. The number of amides is 2. The minimum Gasteiger partial charge on any atom is -0.479 e. The largest absolute Gasteiger partial charge is 0.479 e. The number of alkyl carbamates (subject to hydrolysis) is 1. The molecule has 0 saturated carbocycles. The molecule has 0 atom stereocenters. The first-order chi connectivity index (χ1) is 15.6. The quantitative estimate of drug-likeness (QED) is 0.595. The van der Waals surface area contributed by atoms with Crippen molar-refractivity contribution < 1.29 is 29.3 Å². The van der Waals surface area contributed by atoms with Gasteiger partial charge in [0, 0.05) is 17.9 Å². The van der Waals surface area contributed by atoms with Gasteiger partial charge in [-0.3, -0.25) is 4.79 Å². The molecule has 4 rings (SSSR count). The summed E-state index contributed by atoms with van der Waals surface area (Å²) in [5.74, 6) is -1.63. The number of ether oxygens (including phenoxy) is 1. The van der Waals surface area contributed by atoms with Crippen LogP contribution >= 0.6 is 0 Å². The molecule has 1 aliphatic heterocycles. The maximum absolute atomic E-state index is 12.5. The number of β-amino-alcohol motifs (C(OH)–C–C–N with tert-alkyl or cyclic N) is 1. The van der Waals surface area contributed by atoms with Gasteiger partial charge in [0.25, 0.3) is 0 Å². The van der Waals surface area contributed by atoms with Gasteiger partial charge in [-0.25, -0.2) is 9.59 Å². The summed E-state index contributed by atoms with van der Waals surface area (Å²) in [5.41, 5.74) is 2.01. The minimum absolute atomic E-state index is 0.0350. The zero-order valence-electron chi connectivity index (χ0n) is 18.7. The van der Waals surface area contributed by atoms with Gasteiger partial charge in [-0.2, -0.15) is 0 Å². The third-order valence-corrected chi connectivity index (χ3v) is 6.40. The summed E-state index contributed by atoms with van der Waals surface area (Å²) < 4.78 is 5.57. The Morgan fingerprint density at radius 3 is 2.15 bits per heavy atom. The van der Waals surface area contributed by atoms with Crippen molar-refractivity contribution in [2.45, 2.75) is 43.7 Å². The van der Waals surface area contributed by atoms with Crippen molar-refractivity contribution in [1.82, 2.24) is 10.2 Å². The van der Waals surface area contributed by atoms with Crippen LogP contribution in [0.2, 0.25) is 0 Å². The molecule has 1 saturated heterocycles. The summed E-state index contributed by atoms with van der Waals surface area (Å²) in [4.78, 5) is 37.1. The Hall–Kier alpha value is -3.39. The van der Waals surface area contributed by atoms with Crippen LogP contribution in [-0.4, -0.2) is 63.9 Å². The van der Waals surface area contributed by atoms with Crippen LogP contribution in [0.15, 0.2) is 48.5 Å². The van der Waals surface area contributed by atoms with Gasteiger partial charge in [0.1, 0.15) is 6.61 Å². The summed E-state index contributed by atoms with van der Waals surface area (Å²) in [6.07, 6.45) is -0.0942. The predicted molar refractivity (Wildman–Crippen MR) is 121 cm³/mol. The van der Waals surface area contributed by atoms with Gasteiger partial charge in [0.15, 0.2) is 5.60 Å². The maximum atomic E-state index is 12.5. The Morgan fingerprint density at radius 2 is 1.61 bits per heavy atom. The van der Waals surface area contributed by atoms with Crippen LogP contribution in [0.5, 0.6) is 0 Å². The smallest absolute Gasteiger partial charge is 0.407 e. The highest BCUT2D eigenvalue weighted by atomic mass is 16.5. The standard InChI is InChI=1S/C25H28N2O6/c1-24(2,12-11-21(28)27-14-25(32,15-27)22(29)30)26-23(31)33-13-20-18-9-5-3-7-16(18)17-8-4-6-10-19(17)20/h3-10,20,32H,11-15H2,1-2H3,(H,26,31)(H,29,30). The summed E-state index contributed by atoms with van der Waals surface area (Å²) in [6, 6.07) is 16.2. The molecule has 1 aliphatic carbocycles. The lowest BCUT2D eigenvalue weighted by molar-refractivity contribution is -0.182. The van der Waals surface area contributed by atoms with Crippen molar-refractivity contribution in [3.05, 3.63) is 59.7 Å². The number of aliphatic hydroxyl groups is 1. The van der Waals surface area contributed by atoms with Gasteiger partial charge in [0.2, 0.25) is 5.91 Å². The highest BCUT2D eigenvalue weighted by Crippen LogP contribution is 2.44. The molecule has 2 aromatic carbocycles. The number of benzene rings is 2. The van der Waals surface area contributed by atoms with E-state index in [0.29, 0.717) is 6.42 Å². The number of aliphatic carboxylic acids is 1. The van der Waals surface area contributed by atoms with E-state index in [2.05, 4.69) is 29.6 Å². The lowest BCUT2D eigenvalue weighted by Gasteiger charge is -2.43. The number of carbonyl (C=O) groups excluding carboxylic acids is 2. The SMILES string of the molecule is CC(C)(CCC(=O)N1CC(O)(C(=O)O)C1)NC(=O)OCC1c2ccccc2-c2ccccc21. The predicted octanol–water partition coefficient (Wildman–Crippen LogP) is 2.74. The third kappa shape index (κ3) is 4.57. The molecule has 174 valence electrons. The second-order valence-electron chi connectivity index (χ2n) is 9.42. The molecule has 3 N–H and O–H groups in total. The van der Waals surface area contributed by atoms with Crippen molar-refractivity contribution in [2.24, 2.45) is 0 Å². The van der Waals surface area contributed by atoms with Gasteiger partial charge in [-0.05, 0) is 42.5 Å². The molecule has 0 spiro atoms. The average molecular weight is 453 g/mol. The van der Waals surface area contributed by atoms with Crippen LogP contribution in [0.4, 0.5) is 4.79 Å². The second kappa shape index (κ2) is 8.51. The first kappa shape index (κ1) is 22.8. The lowest BCUT2D eigenvalue weighted by atomic mass is 9.92. The Labute approximate surface area is 192 Å². The van der Waals surface area contributed by atoms with Crippen LogP contribution in [0, 0.1) is 0 Å². The fourth-order valence-corrected chi connectivity index (χ4v) is 4.45. The Kier molecular flexibility index (Phi) is 5.88. The van der Waals surface area contributed by atoms with Crippen LogP contribution in [0.3, 0.4) is 0 Å². The van der Waals surface area contributed by atoms with Crippen molar-refractivity contribution >= 4 is 18.0 Å².